The van der Waals surface area contributed by atoms with Crippen molar-refractivity contribution in [3.8, 4) is 0 Å². The van der Waals surface area contributed by atoms with Crippen molar-refractivity contribution in [3.05, 3.63) is 46.9 Å². The first-order valence-electron chi connectivity index (χ1n) is 6.19. The van der Waals surface area contributed by atoms with Crippen LogP contribution in [0.1, 0.15) is 18.3 Å². The van der Waals surface area contributed by atoms with Gasteiger partial charge in [0.2, 0.25) is 0 Å². The van der Waals surface area contributed by atoms with Gasteiger partial charge in [0, 0.05) is 24.0 Å². The first kappa shape index (κ1) is 13.6. The van der Waals surface area contributed by atoms with Crippen LogP contribution in [-0.4, -0.2) is 16.5 Å². The van der Waals surface area contributed by atoms with Crippen LogP contribution in [0.2, 0.25) is 5.15 Å². The maximum atomic E-state index is 5.95. The largest absolute Gasteiger partial charge is 0.399 e. The van der Waals surface area contributed by atoms with E-state index in [1.165, 1.54) is 0 Å². The highest BCUT2D eigenvalue weighted by molar-refractivity contribution is 6.29. The predicted molar refractivity (Wildman–Crippen MR) is 79.4 cm³/mol. The monoisotopic (exact) mass is 276 g/mol. The Kier molecular flexibility index (Phi) is 4.22. The molecule has 19 heavy (non-hydrogen) atoms. The van der Waals surface area contributed by atoms with Crippen LogP contribution >= 0.6 is 11.6 Å². The summed E-state index contributed by atoms with van der Waals surface area (Å²) in [7, 11) is 0. The molecule has 4 nitrogen and oxygen atoms in total. The summed E-state index contributed by atoms with van der Waals surface area (Å²) >= 11 is 5.95. The normalized spacial score (nSPS) is 10.5. The van der Waals surface area contributed by atoms with E-state index in [2.05, 4.69) is 21.8 Å². The zero-order valence-electron chi connectivity index (χ0n) is 11.1. The minimum absolute atomic E-state index is 0.408. The number of nitrogen functional groups attached to an aromatic ring is 1. The van der Waals surface area contributed by atoms with Gasteiger partial charge >= 0.3 is 0 Å². The third kappa shape index (κ3) is 3.58. The highest BCUT2D eigenvalue weighted by Crippen LogP contribution is 2.20. The molecule has 0 aromatic carbocycles. The van der Waals surface area contributed by atoms with Crippen molar-refractivity contribution in [3.63, 3.8) is 0 Å². The second kappa shape index (κ2) is 5.89. The number of rotatable bonds is 4. The van der Waals surface area contributed by atoms with E-state index in [1.807, 2.05) is 31.2 Å². The minimum Gasteiger partial charge on any atom is -0.399 e. The second-order valence-corrected chi connectivity index (χ2v) is 4.75. The van der Waals surface area contributed by atoms with Crippen molar-refractivity contribution in [1.29, 1.82) is 0 Å². The maximum absolute atomic E-state index is 5.95. The molecule has 2 N–H and O–H groups in total. The summed E-state index contributed by atoms with van der Waals surface area (Å²) in [6, 6.07) is 9.46. The molecular formula is C14H17ClN4. The Bertz CT molecular complexity index is 551. The molecule has 0 radical (unpaired) electrons. The average molecular weight is 277 g/mol. The van der Waals surface area contributed by atoms with Crippen molar-refractivity contribution < 1.29 is 0 Å². The molecule has 2 aromatic heterocycles. The van der Waals surface area contributed by atoms with Gasteiger partial charge in [-0.05, 0) is 32.0 Å². The first-order chi connectivity index (χ1) is 9.08. The predicted octanol–water partition coefficient (Wildman–Crippen LogP) is 3.05. The van der Waals surface area contributed by atoms with Crippen LogP contribution in [0.5, 0.6) is 0 Å². The van der Waals surface area contributed by atoms with Gasteiger partial charge in [0.25, 0.3) is 0 Å². The van der Waals surface area contributed by atoms with E-state index in [0.717, 1.165) is 23.8 Å². The molecule has 0 saturated heterocycles. The summed E-state index contributed by atoms with van der Waals surface area (Å²) in [4.78, 5) is 10.9. The Morgan fingerprint density at radius 2 is 2.05 bits per heavy atom. The van der Waals surface area contributed by atoms with Gasteiger partial charge in [-0.2, -0.15) is 0 Å². The number of nitrogens with zero attached hydrogens (tertiary/aromatic N) is 3. The molecule has 0 spiro atoms. The lowest BCUT2D eigenvalue weighted by molar-refractivity contribution is 0.791. The second-order valence-electron chi connectivity index (χ2n) is 4.37. The highest BCUT2D eigenvalue weighted by atomic mass is 35.5. The number of hydrogen-bond donors (Lipinski definition) is 1. The SMILES string of the molecule is CCN(Cc1cccc(C)n1)c1cc(N)cc(Cl)n1. The lowest BCUT2D eigenvalue weighted by Crippen LogP contribution is -2.24. The lowest BCUT2D eigenvalue weighted by Gasteiger charge is -2.22. The summed E-state index contributed by atoms with van der Waals surface area (Å²) in [5.74, 6) is 0.774. The lowest BCUT2D eigenvalue weighted by atomic mass is 10.3. The molecule has 0 saturated carbocycles. The van der Waals surface area contributed by atoms with E-state index in [-0.39, 0.29) is 0 Å². The molecule has 0 bridgehead atoms. The number of hydrogen-bond acceptors (Lipinski definition) is 4. The van der Waals surface area contributed by atoms with Crippen LogP contribution in [0.25, 0.3) is 0 Å². The third-order valence-electron chi connectivity index (χ3n) is 2.81. The van der Waals surface area contributed by atoms with Crippen molar-refractivity contribution in [1.82, 2.24) is 9.97 Å². The number of halogens is 1. The van der Waals surface area contributed by atoms with E-state index in [9.17, 15) is 0 Å². The van der Waals surface area contributed by atoms with Crippen molar-refractivity contribution in [2.75, 3.05) is 17.2 Å². The van der Waals surface area contributed by atoms with E-state index in [4.69, 9.17) is 17.3 Å². The quantitative estimate of drug-likeness (QED) is 0.872. The van der Waals surface area contributed by atoms with Crippen molar-refractivity contribution in [2.45, 2.75) is 20.4 Å². The Morgan fingerprint density at radius 1 is 1.26 bits per heavy atom. The summed E-state index contributed by atoms with van der Waals surface area (Å²) < 4.78 is 0. The Balaban J connectivity index is 2.24. The van der Waals surface area contributed by atoms with Crippen molar-refractivity contribution >= 4 is 23.1 Å². The third-order valence-corrected chi connectivity index (χ3v) is 3.00. The van der Waals surface area contributed by atoms with Gasteiger partial charge in [0.1, 0.15) is 11.0 Å². The van der Waals surface area contributed by atoms with Gasteiger partial charge < -0.3 is 10.6 Å². The molecule has 0 amide bonds. The summed E-state index contributed by atoms with van der Waals surface area (Å²) in [6.07, 6.45) is 0. The smallest absolute Gasteiger partial charge is 0.133 e. The van der Waals surface area contributed by atoms with Crippen LogP contribution in [0.4, 0.5) is 11.5 Å². The molecule has 0 unspecified atom stereocenters. The van der Waals surface area contributed by atoms with Gasteiger partial charge in [0.05, 0.1) is 12.2 Å². The summed E-state index contributed by atoms with van der Waals surface area (Å²) in [5, 5.41) is 0.408. The highest BCUT2D eigenvalue weighted by Gasteiger charge is 2.09. The Labute approximate surface area is 118 Å². The van der Waals surface area contributed by atoms with Crippen LogP contribution in [0, 0.1) is 6.92 Å². The number of aryl methyl sites for hydroxylation is 1. The molecular weight excluding hydrogens is 260 g/mol. The van der Waals surface area contributed by atoms with E-state index in [0.29, 0.717) is 17.4 Å². The van der Waals surface area contributed by atoms with Gasteiger partial charge in [-0.3, -0.25) is 4.98 Å². The molecule has 0 aliphatic heterocycles. The minimum atomic E-state index is 0.408. The molecule has 0 aliphatic rings. The maximum Gasteiger partial charge on any atom is 0.133 e. The van der Waals surface area contributed by atoms with Gasteiger partial charge in [0.15, 0.2) is 0 Å². The van der Waals surface area contributed by atoms with E-state index in [1.54, 1.807) is 6.07 Å². The summed E-state index contributed by atoms with van der Waals surface area (Å²) in [5.41, 5.74) is 8.43. The van der Waals surface area contributed by atoms with Gasteiger partial charge in [-0.15, -0.1) is 0 Å². The molecule has 2 rings (SSSR count). The number of nitrogens with two attached hydrogens (primary N) is 1. The van der Waals surface area contributed by atoms with Crippen molar-refractivity contribution in [2.24, 2.45) is 0 Å². The molecule has 100 valence electrons. The van der Waals surface area contributed by atoms with Crippen LogP contribution in [0.15, 0.2) is 30.3 Å². The Hall–Kier alpha value is -1.81. The van der Waals surface area contributed by atoms with Gasteiger partial charge in [-0.25, -0.2) is 4.98 Å². The fourth-order valence-corrected chi connectivity index (χ4v) is 2.11. The molecule has 5 heteroatoms. The molecule has 0 fully saturated rings. The molecule has 2 heterocycles. The van der Waals surface area contributed by atoms with Crippen LogP contribution in [0.3, 0.4) is 0 Å². The topological polar surface area (TPSA) is 55.0 Å². The zero-order valence-corrected chi connectivity index (χ0v) is 11.9. The number of anilines is 2. The number of pyridine rings is 2. The molecule has 0 atom stereocenters. The first-order valence-corrected chi connectivity index (χ1v) is 6.57. The standard InChI is InChI=1S/C14H17ClN4/c1-3-19(9-12-6-4-5-10(2)17-12)14-8-11(16)7-13(15)18-14/h4-8H,3,9H2,1-2H3,(H2,16,18). The van der Waals surface area contributed by atoms with Gasteiger partial charge in [-0.1, -0.05) is 17.7 Å². The fraction of sp³-hybridized carbons (Fsp3) is 0.286. The summed E-state index contributed by atoms with van der Waals surface area (Å²) in [6.45, 7) is 5.54. The number of aromatic nitrogens is 2. The van der Waals surface area contributed by atoms with Crippen LogP contribution in [-0.2, 0) is 6.54 Å². The van der Waals surface area contributed by atoms with E-state index >= 15 is 0 Å². The van der Waals surface area contributed by atoms with E-state index < -0.39 is 0 Å². The fourth-order valence-electron chi connectivity index (χ4n) is 1.90. The average Bonchev–Trinajstić information content (AvgIpc) is 2.34. The molecule has 0 aliphatic carbocycles. The Morgan fingerprint density at radius 3 is 2.68 bits per heavy atom. The van der Waals surface area contributed by atoms with Crippen LogP contribution < -0.4 is 10.6 Å². The molecule has 2 aromatic rings. The zero-order chi connectivity index (χ0) is 13.8.